The van der Waals surface area contributed by atoms with Crippen molar-refractivity contribution in [1.82, 2.24) is 20.1 Å². The number of aromatic nitrogens is 3. The molecule has 1 aromatic carbocycles. The Labute approximate surface area is 173 Å². The Bertz CT molecular complexity index is 1160. The minimum atomic E-state index is -0.255. The van der Waals surface area contributed by atoms with E-state index in [0.29, 0.717) is 35.7 Å². The van der Waals surface area contributed by atoms with Crippen LogP contribution in [0.2, 0.25) is 0 Å². The van der Waals surface area contributed by atoms with Gasteiger partial charge in [-0.15, -0.1) is 0 Å². The summed E-state index contributed by atoms with van der Waals surface area (Å²) < 4.78 is 6.63. The molecule has 1 saturated heterocycles. The molecule has 1 aliphatic heterocycles. The molecule has 2 aromatic heterocycles. The fourth-order valence-corrected chi connectivity index (χ4v) is 3.53. The third-order valence-electron chi connectivity index (χ3n) is 5.21. The minimum absolute atomic E-state index is 0.107. The van der Waals surface area contributed by atoms with Crippen molar-refractivity contribution in [3.8, 4) is 23.0 Å². The molecule has 3 heterocycles. The lowest BCUT2D eigenvalue weighted by atomic mass is 10.0. The van der Waals surface area contributed by atoms with Gasteiger partial charge in [0.05, 0.1) is 22.8 Å². The second-order valence-electron chi connectivity index (χ2n) is 7.23. The zero-order chi connectivity index (χ0) is 21.1. The SMILES string of the molecule is Cc1cc(C#N)ccc1-c1c[nH]n(-c2ccc(C(=O)NC3CCOCC3)cn2)c1=O. The lowest BCUT2D eigenvalue weighted by Gasteiger charge is -2.23. The number of carbonyl (C=O) groups is 1. The van der Waals surface area contributed by atoms with Crippen LogP contribution in [-0.4, -0.2) is 39.9 Å². The number of benzene rings is 1. The maximum absolute atomic E-state index is 12.9. The van der Waals surface area contributed by atoms with E-state index >= 15 is 0 Å². The highest BCUT2D eigenvalue weighted by Crippen LogP contribution is 2.21. The Hall–Kier alpha value is -3.70. The van der Waals surface area contributed by atoms with Crippen LogP contribution in [0, 0.1) is 18.3 Å². The van der Waals surface area contributed by atoms with Crippen molar-refractivity contribution in [2.45, 2.75) is 25.8 Å². The summed E-state index contributed by atoms with van der Waals surface area (Å²) in [5.41, 5.74) is 2.80. The van der Waals surface area contributed by atoms with Crippen LogP contribution in [-0.2, 0) is 4.74 Å². The van der Waals surface area contributed by atoms with E-state index in [1.165, 1.54) is 10.9 Å². The summed E-state index contributed by atoms with van der Waals surface area (Å²) in [6, 6.07) is 10.7. The molecule has 0 bridgehead atoms. The number of hydrogen-bond acceptors (Lipinski definition) is 5. The van der Waals surface area contributed by atoms with Gasteiger partial charge in [-0.05, 0) is 55.2 Å². The van der Waals surface area contributed by atoms with Crippen molar-refractivity contribution in [3.05, 3.63) is 69.8 Å². The predicted molar refractivity (Wildman–Crippen MR) is 110 cm³/mol. The highest BCUT2D eigenvalue weighted by molar-refractivity contribution is 5.94. The number of rotatable bonds is 4. The summed E-state index contributed by atoms with van der Waals surface area (Å²) in [6.45, 7) is 3.16. The molecule has 152 valence electrons. The van der Waals surface area contributed by atoms with Crippen LogP contribution in [0.5, 0.6) is 0 Å². The Kier molecular flexibility index (Phi) is 5.46. The molecule has 0 aliphatic carbocycles. The number of amides is 1. The first-order chi connectivity index (χ1) is 14.6. The van der Waals surface area contributed by atoms with Gasteiger partial charge in [-0.1, -0.05) is 6.07 Å². The maximum Gasteiger partial charge on any atom is 0.280 e. The monoisotopic (exact) mass is 403 g/mol. The molecule has 1 fully saturated rings. The number of H-pyrrole nitrogens is 1. The molecule has 1 amide bonds. The molecule has 0 spiro atoms. The zero-order valence-electron chi connectivity index (χ0n) is 16.5. The maximum atomic E-state index is 12.9. The molecule has 0 unspecified atom stereocenters. The molecular formula is C22H21N5O3. The Morgan fingerprint density at radius 2 is 2.07 bits per heavy atom. The van der Waals surface area contributed by atoms with Crippen molar-refractivity contribution in [1.29, 1.82) is 5.26 Å². The third kappa shape index (κ3) is 3.88. The molecule has 8 nitrogen and oxygen atoms in total. The van der Waals surface area contributed by atoms with E-state index in [0.717, 1.165) is 24.0 Å². The van der Waals surface area contributed by atoms with Gasteiger partial charge in [0.15, 0.2) is 5.82 Å². The number of nitriles is 1. The van der Waals surface area contributed by atoms with Crippen molar-refractivity contribution < 1.29 is 9.53 Å². The van der Waals surface area contributed by atoms with Crippen molar-refractivity contribution in [3.63, 3.8) is 0 Å². The van der Waals surface area contributed by atoms with Crippen LogP contribution in [0.1, 0.15) is 34.3 Å². The molecule has 0 atom stereocenters. The van der Waals surface area contributed by atoms with E-state index in [9.17, 15) is 9.59 Å². The van der Waals surface area contributed by atoms with Gasteiger partial charge in [0.2, 0.25) is 0 Å². The normalized spacial score (nSPS) is 14.3. The predicted octanol–water partition coefficient (Wildman–Crippen LogP) is 2.32. The van der Waals surface area contributed by atoms with Crippen LogP contribution in [0.3, 0.4) is 0 Å². The number of nitrogens with zero attached hydrogens (tertiary/aromatic N) is 3. The van der Waals surface area contributed by atoms with Gasteiger partial charge in [-0.2, -0.15) is 5.26 Å². The van der Waals surface area contributed by atoms with E-state index in [2.05, 4.69) is 21.5 Å². The number of aryl methyl sites for hydroxylation is 1. The van der Waals surface area contributed by atoms with Crippen LogP contribution < -0.4 is 10.9 Å². The first kappa shape index (κ1) is 19.6. The van der Waals surface area contributed by atoms with E-state index in [-0.39, 0.29) is 17.5 Å². The second-order valence-corrected chi connectivity index (χ2v) is 7.23. The first-order valence-electron chi connectivity index (χ1n) is 9.73. The Morgan fingerprint density at radius 3 is 2.73 bits per heavy atom. The lowest BCUT2D eigenvalue weighted by Crippen LogP contribution is -2.38. The largest absolute Gasteiger partial charge is 0.381 e. The summed E-state index contributed by atoms with van der Waals surface area (Å²) in [7, 11) is 0. The van der Waals surface area contributed by atoms with Crippen LogP contribution in [0.25, 0.3) is 16.9 Å². The molecule has 3 aromatic rings. The first-order valence-corrected chi connectivity index (χ1v) is 9.73. The van der Waals surface area contributed by atoms with Crippen molar-refractivity contribution >= 4 is 5.91 Å². The van der Waals surface area contributed by atoms with Gasteiger partial charge in [0, 0.05) is 31.6 Å². The fourth-order valence-electron chi connectivity index (χ4n) is 3.53. The summed E-state index contributed by atoms with van der Waals surface area (Å²) in [4.78, 5) is 29.6. The number of hydrogen-bond donors (Lipinski definition) is 2. The molecule has 0 saturated carbocycles. The van der Waals surface area contributed by atoms with E-state index < -0.39 is 0 Å². The molecule has 4 rings (SSSR count). The van der Waals surface area contributed by atoms with Crippen LogP contribution >= 0.6 is 0 Å². The minimum Gasteiger partial charge on any atom is -0.381 e. The fraction of sp³-hybridized carbons (Fsp3) is 0.273. The third-order valence-corrected chi connectivity index (χ3v) is 5.21. The van der Waals surface area contributed by atoms with Gasteiger partial charge in [-0.3, -0.25) is 14.7 Å². The number of aromatic amines is 1. The lowest BCUT2D eigenvalue weighted by molar-refractivity contribution is 0.0696. The van der Waals surface area contributed by atoms with Crippen molar-refractivity contribution in [2.75, 3.05) is 13.2 Å². The second kappa shape index (κ2) is 8.35. The molecule has 30 heavy (non-hydrogen) atoms. The summed E-state index contributed by atoms with van der Waals surface area (Å²) in [5.74, 6) is 0.203. The van der Waals surface area contributed by atoms with Gasteiger partial charge in [-0.25, -0.2) is 9.67 Å². The summed E-state index contributed by atoms with van der Waals surface area (Å²) >= 11 is 0. The van der Waals surface area contributed by atoms with Gasteiger partial charge < -0.3 is 10.1 Å². The summed E-state index contributed by atoms with van der Waals surface area (Å²) in [5, 5.41) is 14.9. The topological polar surface area (TPSA) is 113 Å². The number of ether oxygens (including phenoxy) is 1. The highest BCUT2D eigenvalue weighted by atomic mass is 16.5. The van der Waals surface area contributed by atoms with Gasteiger partial charge in [0.1, 0.15) is 0 Å². The average molecular weight is 403 g/mol. The van der Waals surface area contributed by atoms with Gasteiger partial charge in [0.25, 0.3) is 11.5 Å². The number of carbonyl (C=O) groups excluding carboxylic acids is 1. The molecular weight excluding hydrogens is 382 g/mol. The quantitative estimate of drug-likeness (QED) is 0.694. The van der Waals surface area contributed by atoms with Crippen molar-refractivity contribution in [2.24, 2.45) is 0 Å². The van der Waals surface area contributed by atoms with E-state index in [1.807, 2.05) is 6.92 Å². The zero-order valence-corrected chi connectivity index (χ0v) is 16.5. The van der Waals surface area contributed by atoms with E-state index in [1.54, 1.807) is 36.5 Å². The summed E-state index contributed by atoms with van der Waals surface area (Å²) in [6.07, 6.45) is 4.67. The smallest absolute Gasteiger partial charge is 0.280 e. The number of pyridine rings is 1. The Morgan fingerprint density at radius 1 is 1.27 bits per heavy atom. The van der Waals surface area contributed by atoms with Gasteiger partial charge >= 0.3 is 0 Å². The van der Waals surface area contributed by atoms with Crippen LogP contribution in [0.15, 0.2) is 47.5 Å². The van der Waals surface area contributed by atoms with Crippen LogP contribution in [0.4, 0.5) is 0 Å². The molecule has 2 N–H and O–H groups in total. The average Bonchev–Trinajstić information content (AvgIpc) is 3.15. The van der Waals surface area contributed by atoms with E-state index in [4.69, 9.17) is 10.00 Å². The standard InChI is InChI=1S/C22H21N5O3/c1-14-10-15(11-23)2-4-18(14)19-13-25-27(22(19)29)20-5-3-16(12-24-20)21(28)26-17-6-8-30-9-7-17/h2-5,10,12-13,17,25H,6-9H2,1H3,(H,26,28). The highest BCUT2D eigenvalue weighted by Gasteiger charge is 2.18. The molecule has 8 heteroatoms. The Balaban J connectivity index is 1.55. The number of nitrogens with one attached hydrogen (secondary N) is 2. The molecule has 1 aliphatic rings. The molecule has 0 radical (unpaired) electrons.